The zero-order valence-electron chi connectivity index (χ0n) is 27.6. The Labute approximate surface area is 252 Å². The van der Waals surface area contributed by atoms with Gasteiger partial charge in [0.15, 0.2) is 0 Å². The van der Waals surface area contributed by atoms with E-state index in [1.807, 2.05) is 0 Å². The second-order valence-corrected chi connectivity index (χ2v) is 17.6. The molecule has 8 rings (SSSR count). The molecule has 0 radical (unpaired) electrons. The van der Waals surface area contributed by atoms with Crippen molar-refractivity contribution in [3.8, 4) is 22.3 Å². The molecule has 0 saturated carbocycles. The molecule has 0 N–H and O–H groups in total. The van der Waals surface area contributed by atoms with E-state index in [4.69, 9.17) is 0 Å². The number of allylic oxidation sites excluding steroid dienone is 3. The lowest BCUT2D eigenvalue weighted by Gasteiger charge is -2.33. The van der Waals surface area contributed by atoms with Crippen molar-refractivity contribution in [1.29, 1.82) is 0 Å². The quantitative estimate of drug-likeness (QED) is 0.133. The van der Waals surface area contributed by atoms with Crippen LogP contribution >= 0.6 is 0 Å². The van der Waals surface area contributed by atoms with Gasteiger partial charge in [0.1, 0.15) is 0 Å². The van der Waals surface area contributed by atoms with Crippen molar-refractivity contribution in [2.75, 3.05) is 0 Å². The highest BCUT2D eigenvalue weighted by Crippen LogP contribution is 2.67. The van der Waals surface area contributed by atoms with Crippen LogP contribution in [-0.2, 0) is 16.2 Å². The second kappa shape index (κ2) is 7.41. The first-order chi connectivity index (χ1) is 19.4. The van der Waals surface area contributed by atoms with Crippen molar-refractivity contribution in [3.63, 3.8) is 0 Å². The summed E-state index contributed by atoms with van der Waals surface area (Å²) in [5.74, 6) is 0.257. The van der Waals surface area contributed by atoms with Crippen molar-refractivity contribution < 1.29 is 0 Å². The number of fused-ring (bicyclic) bond motifs is 4. The monoisotopic (exact) mass is 548 g/mol. The number of benzene rings is 4. The minimum atomic E-state index is 0.0166. The Morgan fingerprint density at radius 2 is 1.00 bits per heavy atom. The van der Waals surface area contributed by atoms with Crippen molar-refractivity contribution in [3.05, 3.63) is 87.2 Å². The van der Waals surface area contributed by atoms with Crippen LogP contribution in [0.25, 0.3) is 54.9 Å². The van der Waals surface area contributed by atoms with Crippen LogP contribution in [0.15, 0.2) is 53.8 Å². The summed E-state index contributed by atoms with van der Waals surface area (Å²) >= 11 is 0. The largest absolute Gasteiger partial charge is 0.112 e. The first kappa shape index (κ1) is 26.3. The van der Waals surface area contributed by atoms with E-state index in [-0.39, 0.29) is 27.6 Å². The fraction of sp³-hybridized carbons (Fsp3) is 0.405. The van der Waals surface area contributed by atoms with E-state index in [1.165, 1.54) is 88.3 Å². The summed E-state index contributed by atoms with van der Waals surface area (Å²) < 4.78 is 0. The van der Waals surface area contributed by atoms with Crippen molar-refractivity contribution >= 4 is 32.7 Å². The third-order valence-electron chi connectivity index (χ3n) is 10.5. The topological polar surface area (TPSA) is 0 Å². The Kier molecular flexibility index (Phi) is 4.64. The van der Waals surface area contributed by atoms with Gasteiger partial charge in [0.05, 0.1) is 0 Å². The number of hydrogen-bond donors (Lipinski definition) is 0. The number of hydrogen-bond acceptors (Lipinski definition) is 0. The molecule has 1 unspecified atom stereocenters. The van der Waals surface area contributed by atoms with Gasteiger partial charge in [-0.2, -0.15) is 0 Å². The predicted molar refractivity (Wildman–Crippen MR) is 183 cm³/mol. The molecule has 0 heterocycles. The van der Waals surface area contributed by atoms with E-state index >= 15 is 0 Å². The Morgan fingerprint density at radius 1 is 0.500 bits per heavy atom. The lowest BCUT2D eigenvalue weighted by molar-refractivity contribution is 0.517. The molecule has 212 valence electrons. The molecular weight excluding hydrogens is 504 g/mol. The molecule has 0 fully saturated rings. The zero-order chi connectivity index (χ0) is 30.0. The van der Waals surface area contributed by atoms with E-state index < -0.39 is 0 Å². The van der Waals surface area contributed by atoms with Gasteiger partial charge in [-0.1, -0.05) is 89.2 Å². The van der Waals surface area contributed by atoms with Gasteiger partial charge in [0.25, 0.3) is 0 Å². The second-order valence-electron chi connectivity index (χ2n) is 17.6. The highest BCUT2D eigenvalue weighted by Gasteiger charge is 2.46. The molecule has 0 amide bonds. The standard InChI is InChI=1S/C42H44/c1-39(2,3)21-13-25-26-14-22(40(4,5)6)19-31-32-20-24(42(10,11)12)16-28-27-15-23(41(7,8)9)18-30-29(17-21)33(25)37(34(26)31)38(35(27)30)36(28)32/h13-15,17-20,36H,1-12H3. The summed E-state index contributed by atoms with van der Waals surface area (Å²) in [6, 6.07) is 15.2. The van der Waals surface area contributed by atoms with E-state index in [2.05, 4.69) is 131 Å². The highest BCUT2D eigenvalue weighted by atomic mass is 14.5. The van der Waals surface area contributed by atoms with Crippen LogP contribution < -0.4 is 0 Å². The molecule has 4 aromatic carbocycles. The van der Waals surface area contributed by atoms with E-state index in [0.717, 1.165) is 0 Å². The lowest BCUT2D eigenvalue weighted by Crippen LogP contribution is -2.17. The zero-order valence-corrected chi connectivity index (χ0v) is 27.6. The highest BCUT2D eigenvalue weighted by molar-refractivity contribution is 6.32. The van der Waals surface area contributed by atoms with Crippen LogP contribution in [0.5, 0.6) is 0 Å². The average Bonchev–Trinajstić information content (AvgIpc) is 3.38. The maximum atomic E-state index is 4.07. The Bertz CT molecular complexity index is 2070. The molecule has 0 aliphatic heterocycles. The van der Waals surface area contributed by atoms with Crippen LogP contribution in [-0.4, -0.2) is 0 Å². The first-order valence-electron chi connectivity index (χ1n) is 15.9. The molecule has 4 aliphatic carbocycles. The molecule has 4 aromatic rings. The molecule has 0 saturated heterocycles. The first-order valence-corrected chi connectivity index (χ1v) is 15.9. The van der Waals surface area contributed by atoms with Gasteiger partial charge in [-0.05, 0) is 141 Å². The third-order valence-corrected chi connectivity index (χ3v) is 10.5. The van der Waals surface area contributed by atoms with Crippen LogP contribution in [0.3, 0.4) is 0 Å². The van der Waals surface area contributed by atoms with Gasteiger partial charge in [0.2, 0.25) is 0 Å². The van der Waals surface area contributed by atoms with Crippen LogP contribution in [0.1, 0.15) is 122 Å². The van der Waals surface area contributed by atoms with Gasteiger partial charge >= 0.3 is 0 Å². The molecule has 1 atom stereocenters. The van der Waals surface area contributed by atoms with E-state index in [9.17, 15) is 0 Å². The molecule has 0 nitrogen and oxygen atoms in total. The summed E-state index contributed by atoms with van der Waals surface area (Å²) in [5.41, 5.74) is 23.0. The summed E-state index contributed by atoms with van der Waals surface area (Å²) in [7, 11) is 0. The van der Waals surface area contributed by atoms with Crippen molar-refractivity contribution in [1.82, 2.24) is 0 Å². The maximum Gasteiger partial charge on any atom is 0.0438 e. The fourth-order valence-corrected chi connectivity index (χ4v) is 7.96. The molecule has 0 aromatic heterocycles. The van der Waals surface area contributed by atoms with Gasteiger partial charge < -0.3 is 0 Å². The lowest BCUT2D eigenvalue weighted by atomic mass is 9.69. The molecule has 0 spiro atoms. The summed E-state index contributed by atoms with van der Waals surface area (Å²) in [6.07, 6.45) is 2.52. The van der Waals surface area contributed by atoms with Gasteiger partial charge in [-0.3, -0.25) is 0 Å². The minimum absolute atomic E-state index is 0.0166. The van der Waals surface area contributed by atoms with Crippen LogP contribution in [0, 0.1) is 5.41 Å². The Morgan fingerprint density at radius 3 is 1.57 bits per heavy atom. The Balaban J connectivity index is 1.68. The van der Waals surface area contributed by atoms with Gasteiger partial charge in [-0.15, -0.1) is 5.73 Å². The average molecular weight is 549 g/mol. The smallest absolute Gasteiger partial charge is 0.0438 e. The molecule has 4 aliphatic rings. The van der Waals surface area contributed by atoms with Crippen molar-refractivity contribution in [2.45, 2.75) is 105 Å². The molecule has 42 heavy (non-hydrogen) atoms. The van der Waals surface area contributed by atoms with Crippen molar-refractivity contribution in [2.24, 2.45) is 5.41 Å². The summed E-state index contributed by atoms with van der Waals surface area (Å²) in [6.45, 7) is 28.3. The molecule has 0 bridgehead atoms. The van der Waals surface area contributed by atoms with Gasteiger partial charge in [-0.25, -0.2) is 0 Å². The number of rotatable bonds is 0. The summed E-state index contributed by atoms with van der Waals surface area (Å²) in [5, 5.41) is 5.83. The molecule has 0 heteroatoms. The van der Waals surface area contributed by atoms with Crippen LogP contribution in [0.2, 0.25) is 0 Å². The van der Waals surface area contributed by atoms with Crippen LogP contribution in [0.4, 0.5) is 0 Å². The normalized spacial score (nSPS) is 18.3. The predicted octanol–water partition coefficient (Wildman–Crippen LogP) is 12.0. The van der Waals surface area contributed by atoms with E-state index in [1.54, 1.807) is 5.56 Å². The Hall–Kier alpha value is -3.34. The third kappa shape index (κ3) is 3.20. The fourth-order valence-electron chi connectivity index (χ4n) is 7.96. The minimum Gasteiger partial charge on any atom is -0.112 e. The molecular formula is C42H44. The van der Waals surface area contributed by atoms with Gasteiger partial charge in [0, 0.05) is 17.1 Å². The maximum absolute atomic E-state index is 4.07. The SMILES string of the molecule is CC(C)(C)C1=C=C2c3cc(C(C)(C)C)cc4c3c3c5c6c(cc(C(C)(C)C)cc64)-c4cc(C(C)(C)C)cc(c4-5)C(=C1)C23. The summed E-state index contributed by atoms with van der Waals surface area (Å²) in [4.78, 5) is 0. The van der Waals surface area contributed by atoms with E-state index in [0.29, 0.717) is 0 Å².